The normalized spacial score (nSPS) is 28.2. The van der Waals surface area contributed by atoms with E-state index in [4.69, 9.17) is 5.73 Å². The van der Waals surface area contributed by atoms with E-state index >= 15 is 0 Å². The molecule has 1 aliphatic heterocycles. The predicted molar refractivity (Wildman–Crippen MR) is 65.0 cm³/mol. The van der Waals surface area contributed by atoms with Crippen molar-refractivity contribution < 1.29 is 0 Å². The van der Waals surface area contributed by atoms with E-state index in [-0.39, 0.29) is 10.8 Å². The van der Waals surface area contributed by atoms with E-state index in [1.54, 1.807) is 0 Å². The molecular weight excluding hydrogens is 206 g/mol. The van der Waals surface area contributed by atoms with Gasteiger partial charge in [0.05, 0.1) is 5.69 Å². The number of nitrogens with two attached hydrogens (primary N) is 1. The average molecular weight is 225 g/mol. The number of aromatic nitrogens is 2. The lowest BCUT2D eigenvalue weighted by atomic mass is 9.93. The van der Waals surface area contributed by atoms with Crippen LogP contribution < -0.4 is 5.73 Å². The van der Waals surface area contributed by atoms with Gasteiger partial charge in [-0.15, -0.1) is 0 Å². The van der Waals surface area contributed by atoms with Crippen molar-refractivity contribution in [3.8, 4) is 0 Å². The molecule has 4 heteroatoms. The van der Waals surface area contributed by atoms with Crippen molar-refractivity contribution in [2.45, 2.75) is 37.0 Å². The Labute approximate surface area is 95.4 Å². The highest BCUT2D eigenvalue weighted by atomic mass is 32.2. The molecule has 1 aliphatic rings. The van der Waals surface area contributed by atoms with Crippen molar-refractivity contribution >= 4 is 11.8 Å². The molecule has 0 bridgehead atoms. The molecule has 15 heavy (non-hydrogen) atoms. The zero-order chi connectivity index (χ0) is 10.9. The Balaban J connectivity index is 1.99. The second kappa shape index (κ2) is 4.18. The van der Waals surface area contributed by atoms with E-state index < -0.39 is 0 Å². The molecule has 1 saturated heterocycles. The maximum Gasteiger partial charge on any atom is 0.0640 e. The van der Waals surface area contributed by atoms with Crippen LogP contribution in [-0.2, 0) is 13.5 Å². The Morgan fingerprint density at radius 2 is 2.53 bits per heavy atom. The molecular formula is C11H19N3S. The first kappa shape index (κ1) is 11.0. The summed E-state index contributed by atoms with van der Waals surface area (Å²) >= 11 is 2.02. The highest BCUT2D eigenvalue weighted by Gasteiger charge is 2.35. The summed E-state index contributed by atoms with van der Waals surface area (Å²) in [5.41, 5.74) is 7.39. The first-order valence-electron chi connectivity index (χ1n) is 5.48. The van der Waals surface area contributed by atoms with Crippen LogP contribution in [0.5, 0.6) is 0 Å². The molecule has 84 valence electrons. The molecule has 0 aromatic carbocycles. The third kappa shape index (κ3) is 2.37. The quantitative estimate of drug-likeness (QED) is 0.849. The summed E-state index contributed by atoms with van der Waals surface area (Å²) in [5, 5.41) is 4.38. The van der Waals surface area contributed by atoms with Gasteiger partial charge in [-0.1, -0.05) is 0 Å². The van der Waals surface area contributed by atoms with Gasteiger partial charge in [-0.05, 0) is 31.6 Å². The lowest BCUT2D eigenvalue weighted by Crippen LogP contribution is -2.42. The monoisotopic (exact) mass is 225 g/mol. The minimum atomic E-state index is 0.222. The van der Waals surface area contributed by atoms with Crippen LogP contribution >= 0.6 is 11.8 Å². The molecule has 2 heterocycles. The van der Waals surface area contributed by atoms with E-state index in [0.717, 1.165) is 12.1 Å². The zero-order valence-electron chi connectivity index (χ0n) is 9.44. The fourth-order valence-electron chi connectivity index (χ4n) is 2.11. The van der Waals surface area contributed by atoms with Gasteiger partial charge in [0.1, 0.15) is 0 Å². The molecule has 0 aliphatic carbocycles. The van der Waals surface area contributed by atoms with E-state index in [1.165, 1.54) is 18.6 Å². The fourth-order valence-corrected chi connectivity index (χ4v) is 3.45. The van der Waals surface area contributed by atoms with Crippen LogP contribution in [0.1, 0.15) is 25.5 Å². The molecule has 0 saturated carbocycles. The second-order valence-corrected chi connectivity index (χ2v) is 6.19. The maximum absolute atomic E-state index is 6.28. The van der Waals surface area contributed by atoms with E-state index in [9.17, 15) is 0 Å². The van der Waals surface area contributed by atoms with Crippen LogP contribution in [0.4, 0.5) is 0 Å². The van der Waals surface area contributed by atoms with Gasteiger partial charge in [0.25, 0.3) is 0 Å². The van der Waals surface area contributed by atoms with Gasteiger partial charge in [0.15, 0.2) is 0 Å². The highest BCUT2D eigenvalue weighted by Crippen LogP contribution is 2.40. The van der Waals surface area contributed by atoms with Gasteiger partial charge in [-0.3, -0.25) is 4.68 Å². The van der Waals surface area contributed by atoms with Crippen molar-refractivity contribution in [2.24, 2.45) is 12.8 Å². The van der Waals surface area contributed by atoms with Crippen molar-refractivity contribution in [3.63, 3.8) is 0 Å². The van der Waals surface area contributed by atoms with E-state index in [0.29, 0.717) is 0 Å². The minimum absolute atomic E-state index is 0.222. The van der Waals surface area contributed by atoms with Crippen LogP contribution in [-0.4, -0.2) is 26.3 Å². The molecule has 1 fully saturated rings. The molecule has 3 nitrogen and oxygen atoms in total. The second-order valence-electron chi connectivity index (χ2n) is 4.56. The summed E-state index contributed by atoms with van der Waals surface area (Å²) in [6.07, 6.45) is 5.42. The van der Waals surface area contributed by atoms with Crippen LogP contribution in [0, 0.1) is 0 Å². The Morgan fingerprint density at radius 3 is 3.07 bits per heavy atom. The first-order chi connectivity index (χ1) is 7.10. The topological polar surface area (TPSA) is 43.8 Å². The largest absolute Gasteiger partial charge is 0.326 e. The Morgan fingerprint density at radius 1 is 1.73 bits per heavy atom. The van der Waals surface area contributed by atoms with Crippen molar-refractivity contribution in [3.05, 3.63) is 18.0 Å². The number of aryl methyl sites for hydroxylation is 1. The Bertz CT molecular complexity index is 328. The minimum Gasteiger partial charge on any atom is -0.326 e. The molecule has 1 aromatic heterocycles. The average Bonchev–Trinajstić information content (AvgIpc) is 2.76. The lowest BCUT2D eigenvalue weighted by molar-refractivity contribution is 0.477. The van der Waals surface area contributed by atoms with Gasteiger partial charge >= 0.3 is 0 Å². The maximum atomic E-state index is 6.28. The Hall–Kier alpha value is -0.480. The summed E-state index contributed by atoms with van der Waals surface area (Å²) in [6, 6.07) is 2.28. The first-order valence-corrected chi connectivity index (χ1v) is 6.47. The van der Waals surface area contributed by atoms with Crippen LogP contribution in [0.3, 0.4) is 0 Å². The predicted octanol–water partition coefficient (Wildman–Crippen LogP) is 1.58. The molecule has 2 N–H and O–H groups in total. The van der Waals surface area contributed by atoms with Crippen LogP contribution in [0.15, 0.2) is 12.3 Å². The number of hydrogen-bond acceptors (Lipinski definition) is 3. The van der Waals surface area contributed by atoms with Crippen molar-refractivity contribution in [2.75, 3.05) is 5.75 Å². The summed E-state index contributed by atoms with van der Waals surface area (Å²) in [4.78, 5) is 0. The number of hydrogen-bond donors (Lipinski definition) is 1. The van der Waals surface area contributed by atoms with E-state index in [1.807, 2.05) is 29.7 Å². The van der Waals surface area contributed by atoms with Crippen LogP contribution in [0.25, 0.3) is 0 Å². The zero-order valence-corrected chi connectivity index (χ0v) is 10.3. The molecule has 0 amide bonds. The molecule has 0 radical (unpaired) electrons. The summed E-state index contributed by atoms with van der Waals surface area (Å²) in [5.74, 6) is 1.26. The van der Waals surface area contributed by atoms with Gasteiger partial charge in [0, 0.05) is 30.5 Å². The third-order valence-corrected chi connectivity index (χ3v) is 4.89. The smallest absolute Gasteiger partial charge is 0.0640 e. The summed E-state index contributed by atoms with van der Waals surface area (Å²) in [7, 11) is 1.95. The summed E-state index contributed by atoms with van der Waals surface area (Å²) < 4.78 is 2.10. The van der Waals surface area contributed by atoms with Gasteiger partial charge in [0.2, 0.25) is 0 Å². The molecule has 0 spiro atoms. The molecule has 2 rings (SSSR count). The van der Waals surface area contributed by atoms with Gasteiger partial charge < -0.3 is 5.73 Å². The van der Waals surface area contributed by atoms with Crippen molar-refractivity contribution in [1.29, 1.82) is 0 Å². The number of nitrogens with zero attached hydrogens (tertiary/aromatic N) is 2. The third-order valence-electron chi connectivity index (χ3n) is 3.23. The van der Waals surface area contributed by atoms with Gasteiger partial charge in [-0.25, -0.2) is 0 Å². The SMILES string of the molecule is Cn1ccc(CC(N)C2(C)CCCS2)n1. The van der Waals surface area contributed by atoms with Crippen molar-refractivity contribution in [1.82, 2.24) is 9.78 Å². The Kier molecular flexibility index (Phi) is 3.07. The molecule has 2 unspecified atom stereocenters. The van der Waals surface area contributed by atoms with Gasteiger partial charge in [-0.2, -0.15) is 16.9 Å². The standard InChI is InChI=1S/C11H19N3S/c1-11(5-3-7-15-11)10(12)8-9-4-6-14(2)13-9/h4,6,10H,3,5,7-8,12H2,1-2H3. The lowest BCUT2D eigenvalue weighted by Gasteiger charge is -2.29. The summed E-state index contributed by atoms with van der Waals surface area (Å²) in [6.45, 7) is 2.29. The molecule has 1 aromatic rings. The number of rotatable bonds is 3. The highest BCUT2D eigenvalue weighted by molar-refractivity contribution is 8.00. The number of thioether (sulfide) groups is 1. The molecule has 2 atom stereocenters. The van der Waals surface area contributed by atoms with E-state index in [2.05, 4.69) is 18.1 Å². The van der Waals surface area contributed by atoms with Crippen LogP contribution in [0.2, 0.25) is 0 Å². The fraction of sp³-hybridized carbons (Fsp3) is 0.727.